The summed E-state index contributed by atoms with van der Waals surface area (Å²) < 4.78 is 1.82. The van der Waals surface area contributed by atoms with Gasteiger partial charge in [-0.05, 0) is 42.3 Å². The van der Waals surface area contributed by atoms with Gasteiger partial charge in [-0.15, -0.1) is 0 Å². The van der Waals surface area contributed by atoms with Crippen molar-refractivity contribution in [2.45, 2.75) is 12.5 Å². The molecule has 25 heavy (non-hydrogen) atoms. The van der Waals surface area contributed by atoms with Crippen LogP contribution in [-0.4, -0.2) is 38.3 Å². The highest BCUT2D eigenvalue weighted by Gasteiger charge is 2.14. The van der Waals surface area contributed by atoms with Gasteiger partial charge in [0.2, 0.25) is 0 Å². The van der Waals surface area contributed by atoms with E-state index in [9.17, 15) is 15.0 Å². The topological polar surface area (TPSA) is 87.4 Å². The number of rotatable bonds is 6. The Bertz CT molecular complexity index is 829. The van der Waals surface area contributed by atoms with Crippen LogP contribution in [0, 0.1) is 0 Å². The molecule has 0 bridgehead atoms. The minimum atomic E-state index is -0.408. The van der Waals surface area contributed by atoms with Crippen LogP contribution in [0.5, 0.6) is 5.75 Å². The zero-order valence-corrected chi connectivity index (χ0v) is 13.5. The molecular weight excluding hydrogens is 318 g/mol. The fraction of sp³-hybridized carbons (Fsp3) is 0.158. The monoisotopic (exact) mass is 337 g/mol. The Labute approximate surface area is 145 Å². The molecule has 1 amide bonds. The molecule has 1 aromatic heterocycles. The van der Waals surface area contributed by atoms with E-state index in [1.54, 1.807) is 61.2 Å². The third-order valence-electron chi connectivity index (χ3n) is 3.88. The summed E-state index contributed by atoms with van der Waals surface area (Å²) in [6.07, 6.45) is 5.62. The molecule has 1 atom stereocenters. The molecule has 0 aliphatic carbocycles. The maximum Gasteiger partial charge on any atom is 0.251 e. The molecule has 0 spiro atoms. The van der Waals surface area contributed by atoms with Crippen molar-refractivity contribution in [1.29, 1.82) is 0 Å². The van der Waals surface area contributed by atoms with Gasteiger partial charge in [0.25, 0.3) is 5.91 Å². The van der Waals surface area contributed by atoms with Crippen LogP contribution in [0.4, 0.5) is 0 Å². The first-order valence-corrected chi connectivity index (χ1v) is 7.94. The number of amides is 1. The summed E-state index contributed by atoms with van der Waals surface area (Å²) in [5.41, 5.74) is 2.27. The van der Waals surface area contributed by atoms with E-state index >= 15 is 0 Å². The predicted octanol–water partition coefficient (Wildman–Crippen LogP) is 1.91. The fourth-order valence-electron chi connectivity index (χ4n) is 2.57. The van der Waals surface area contributed by atoms with E-state index in [2.05, 4.69) is 10.3 Å². The largest absolute Gasteiger partial charge is 0.508 e. The second kappa shape index (κ2) is 7.63. The molecule has 3 N–H and O–H groups in total. The van der Waals surface area contributed by atoms with E-state index in [1.165, 1.54) is 0 Å². The van der Waals surface area contributed by atoms with Gasteiger partial charge in [0.05, 0.1) is 19.0 Å². The van der Waals surface area contributed by atoms with Gasteiger partial charge >= 0.3 is 0 Å². The SMILES string of the molecule is O=C(N[C@H](CO)Cc1ccc(O)cc1)c1cccc(-n2ccnc2)c1. The lowest BCUT2D eigenvalue weighted by atomic mass is 10.1. The third kappa shape index (κ3) is 4.24. The van der Waals surface area contributed by atoms with Crippen molar-refractivity contribution in [2.24, 2.45) is 0 Å². The first kappa shape index (κ1) is 16.7. The maximum atomic E-state index is 12.5. The van der Waals surface area contributed by atoms with Gasteiger partial charge < -0.3 is 20.1 Å². The molecule has 6 heteroatoms. The second-order valence-electron chi connectivity index (χ2n) is 5.74. The number of aromatic hydroxyl groups is 1. The van der Waals surface area contributed by atoms with Gasteiger partial charge in [-0.2, -0.15) is 0 Å². The molecule has 1 heterocycles. The van der Waals surface area contributed by atoms with Crippen LogP contribution in [0.2, 0.25) is 0 Å². The normalized spacial score (nSPS) is 11.9. The van der Waals surface area contributed by atoms with E-state index < -0.39 is 6.04 Å². The van der Waals surface area contributed by atoms with Gasteiger partial charge in [-0.25, -0.2) is 4.98 Å². The number of phenols is 1. The number of aliphatic hydroxyl groups excluding tert-OH is 1. The number of nitrogens with zero attached hydrogens (tertiary/aromatic N) is 2. The van der Waals surface area contributed by atoms with Crippen LogP contribution in [0.15, 0.2) is 67.3 Å². The molecule has 0 aliphatic heterocycles. The third-order valence-corrected chi connectivity index (χ3v) is 3.88. The van der Waals surface area contributed by atoms with E-state index in [0.717, 1.165) is 11.3 Å². The quantitative estimate of drug-likeness (QED) is 0.641. The lowest BCUT2D eigenvalue weighted by Gasteiger charge is -2.17. The molecule has 2 aromatic carbocycles. The Morgan fingerprint density at radius 3 is 2.68 bits per heavy atom. The summed E-state index contributed by atoms with van der Waals surface area (Å²) in [6, 6.07) is 13.5. The van der Waals surface area contributed by atoms with E-state index in [-0.39, 0.29) is 18.3 Å². The standard InChI is InChI=1S/C19H19N3O3/c23-12-16(10-14-4-6-18(24)7-5-14)21-19(25)15-2-1-3-17(11-15)22-9-8-20-13-22/h1-9,11,13,16,23-24H,10,12H2,(H,21,25)/t16-/m0/s1. The van der Waals surface area contributed by atoms with Crippen LogP contribution in [0.1, 0.15) is 15.9 Å². The Kier molecular flexibility index (Phi) is 5.11. The number of phenolic OH excluding ortho intramolecular Hbond substituents is 1. The summed E-state index contributed by atoms with van der Waals surface area (Å²) in [7, 11) is 0. The number of hydrogen-bond acceptors (Lipinski definition) is 4. The molecule has 6 nitrogen and oxygen atoms in total. The second-order valence-corrected chi connectivity index (χ2v) is 5.74. The average molecular weight is 337 g/mol. The minimum Gasteiger partial charge on any atom is -0.508 e. The van der Waals surface area contributed by atoms with Gasteiger partial charge in [0, 0.05) is 23.6 Å². The average Bonchev–Trinajstić information content (AvgIpc) is 3.18. The first-order valence-electron chi connectivity index (χ1n) is 7.94. The molecule has 3 rings (SSSR count). The molecular formula is C19H19N3O3. The highest BCUT2D eigenvalue weighted by Crippen LogP contribution is 2.13. The lowest BCUT2D eigenvalue weighted by Crippen LogP contribution is -2.39. The summed E-state index contributed by atoms with van der Waals surface area (Å²) in [6.45, 7) is -0.173. The molecule has 0 radical (unpaired) electrons. The summed E-state index contributed by atoms with van der Waals surface area (Å²) in [4.78, 5) is 16.5. The first-order chi connectivity index (χ1) is 12.2. The number of aromatic nitrogens is 2. The number of benzene rings is 2. The van der Waals surface area contributed by atoms with Gasteiger partial charge in [-0.1, -0.05) is 18.2 Å². The number of carbonyl (C=O) groups excluding carboxylic acids is 1. The Morgan fingerprint density at radius 1 is 1.20 bits per heavy atom. The summed E-state index contributed by atoms with van der Waals surface area (Å²) >= 11 is 0. The fourth-order valence-corrected chi connectivity index (χ4v) is 2.57. The van der Waals surface area contributed by atoms with E-state index in [0.29, 0.717) is 12.0 Å². The molecule has 128 valence electrons. The van der Waals surface area contributed by atoms with Crippen LogP contribution in [0.25, 0.3) is 5.69 Å². The Morgan fingerprint density at radius 2 is 2.00 bits per heavy atom. The Balaban J connectivity index is 1.69. The van der Waals surface area contributed by atoms with Crippen LogP contribution in [0.3, 0.4) is 0 Å². The van der Waals surface area contributed by atoms with Gasteiger partial charge in [0.1, 0.15) is 5.75 Å². The smallest absolute Gasteiger partial charge is 0.251 e. The molecule has 0 fully saturated rings. The zero-order valence-electron chi connectivity index (χ0n) is 13.5. The minimum absolute atomic E-state index is 0.173. The molecule has 3 aromatic rings. The van der Waals surface area contributed by atoms with Crippen LogP contribution >= 0.6 is 0 Å². The molecule has 0 aliphatic rings. The van der Waals surface area contributed by atoms with Crippen molar-refractivity contribution in [3.63, 3.8) is 0 Å². The van der Waals surface area contributed by atoms with Crippen molar-refractivity contribution in [1.82, 2.24) is 14.9 Å². The maximum absolute atomic E-state index is 12.5. The summed E-state index contributed by atoms with van der Waals surface area (Å²) in [5, 5.41) is 21.7. The predicted molar refractivity (Wildman–Crippen MR) is 93.7 cm³/mol. The lowest BCUT2D eigenvalue weighted by molar-refractivity contribution is 0.0916. The number of carbonyl (C=O) groups is 1. The van der Waals surface area contributed by atoms with Gasteiger partial charge in [-0.3, -0.25) is 4.79 Å². The molecule has 0 saturated carbocycles. The van der Waals surface area contributed by atoms with Gasteiger partial charge in [0.15, 0.2) is 0 Å². The highest BCUT2D eigenvalue weighted by atomic mass is 16.3. The number of aliphatic hydroxyl groups is 1. The van der Waals surface area contributed by atoms with Crippen molar-refractivity contribution >= 4 is 5.91 Å². The Hall–Kier alpha value is -3.12. The van der Waals surface area contributed by atoms with Crippen molar-refractivity contribution in [3.05, 3.63) is 78.4 Å². The van der Waals surface area contributed by atoms with Crippen molar-refractivity contribution in [2.75, 3.05) is 6.61 Å². The molecule has 0 unspecified atom stereocenters. The van der Waals surface area contributed by atoms with E-state index in [4.69, 9.17) is 0 Å². The number of hydrogen-bond donors (Lipinski definition) is 3. The summed E-state index contributed by atoms with van der Waals surface area (Å²) in [5.74, 6) is -0.0653. The van der Waals surface area contributed by atoms with E-state index in [1.807, 2.05) is 10.6 Å². The van der Waals surface area contributed by atoms with Crippen molar-refractivity contribution < 1.29 is 15.0 Å². The van der Waals surface area contributed by atoms with Crippen LogP contribution < -0.4 is 5.32 Å². The highest BCUT2D eigenvalue weighted by molar-refractivity contribution is 5.94. The number of imidazole rings is 1. The number of nitrogens with one attached hydrogen (secondary N) is 1. The molecule has 0 saturated heterocycles. The van der Waals surface area contributed by atoms with Crippen molar-refractivity contribution in [3.8, 4) is 11.4 Å². The van der Waals surface area contributed by atoms with Crippen LogP contribution in [-0.2, 0) is 6.42 Å². The zero-order chi connectivity index (χ0) is 17.6.